The highest BCUT2D eigenvalue weighted by atomic mass is 35.5. The number of amides is 2. The number of benzene rings is 4. The molecule has 0 bridgehead atoms. The second kappa shape index (κ2) is 15.7. The number of nitrogens with zero attached hydrogens (tertiary/aromatic N) is 2. The Morgan fingerprint density at radius 2 is 1.45 bits per heavy atom. The molecule has 7 nitrogen and oxygen atoms in total. The SMILES string of the molecule is O=C(NC1CCCC1)[C@@H](Cc1ccccc1)N(Cc1ccccc1Cl)C(=O)CN(c1ccc(Cl)c(C(F)(F)F)c1)S(=O)(=O)c1ccccc1. The van der Waals surface area contributed by atoms with Crippen molar-refractivity contribution < 1.29 is 31.2 Å². The highest BCUT2D eigenvalue weighted by Gasteiger charge is 2.38. The van der Waals surface area contributed by atoms with Gasteiger partial charge in [-0.25, -0.2) is 8.42 Å². The summed E-state index contributed by atoms with van der Waals surface area (Å²) in [5.74, 6) is -1.26. The van der Waals surface area contributed by atoms with Crippen LogP contribution in [0, 0.1) is 0 Å². The van der Waals surface area contributed by atoms with Gasteiger partial charge in [-0.05, 0) is 60.4 Å². The normalized spacial score (nSPS) is 14.3. The van der Waals surface area contributed by atoms with Crippen molar-refractivity contribution in [3.63, 3.8) is 0 Å². The Labute approximate surface area is 293 Å². The maximum Gasteiger partial charge on any atom is 0.417 e. The monoisotopic (exact) mass is 731 g/mol. The van der Waals surface area contributed by atoms with Crippen LogP contribution >= 0.6 is 23.2 Å². The molecule has 1 aliphatic carbocycles. The molecule has 13 heteroatoms. The van der Waals surface area contributed by atoms with Crippen molar-refractivity contribution >= 4 is 50.7 Å². The Bertz CT molecular complexity index is 1870. The maximum atomic E-state index is 14.6. The molecule has 0 spiro atoms. The Morgan fingerprint density at radius 3 is 2.08 bits per heavy atom. The van der Waals surface area contributed by atoms with E-state index in [4.69, 9.17) is 23.2 Å². The molecule has 4 aromatic rings. The lowest BCUT2D eigenvalue weighted by molar-refractivity contribution is -0.140. The minimum atomic E-state index is -4.91. The van der Waals surface area contributed by atoms with Gasteiger partial charge in [0.2, 0.25) is 11.8 Å². The van der Waals surface area contributed by atoms with Crippen LogP contribution in [0.4, 0.5) is 18.9 Å². The fraction of sp³-hybridized carbons (Fsp3) is 0.278. The van der Waals surface area contributed by atoms with Crippen molar-refractivity contribution in [3.8, 4) is 0 Å². The van der Waals surface area contributed by atoms with Crippen LogP contribution in [-0.2, 0) is 38.8 Å². The third kappa shape index (κ3) is 8.95. The third-order valence-corrected chi connectivity index (χ3v) is 10.9. The van der Waals surface area contributed by atoms with E-state index in [0.717, 1.165) is 43.4 Å². The van der Waals surface area contributed by atoms with Gasteiger partial charge in [0.15, 0.2) is 0 Å². The molecule has 1 saturated carbocycles. The van der Waals surface area contributed by atoms with Gasteiger partial charge in [-0.1, -0.05) is 103 Å². The number of nitrogens with one attached hydrogen (secondary N) is 1. The molecule has 2 amide bonds. The van der Waals surface area contributed by atoms with Crippen LogP contribution in [0.3, 0.4) is 0 Å². The number of anilines is 1. The van der Waals surface area contributed by atoms with Gasteiger partial charge in [0, 0.05) is 24.0 Å². The molecule has 0 heterocycles. The van der Waals surface area contributed by atoms with Gasteiger partial charge >= 0.3 is 6.18 Å². The third-order valence-electron chi connectivity index (χ3n) is 8.42. The number of rotatable bonds is 12. The molecule has 0 aromatic heterocycles. The fourth-order valence-corrected chi connectivity index (χ4v) is 7.71. The predicted octanol–water partition coefficient (Wildman–Crippen LogP) is 7.91. The van der Waals surface area contributed by atoms with Crippen LogP contribution in [0.25, 0.3) is 0 Å². The summed E-state index contributed by atoms with van der Waals surface area (Å²) in [6.45, 7) is -1.11. The summed E-state index contributed by atoms with van der Waals surface area (Å²) < 4.78 is 70.7. The Hall–Kier alpha value is -4.06. The number of hydrogen-bond acceptors (Lipinski definition) is 4. The standard InChI is InChI=1S/C36H34Cl2F3N3O4S/c37-31-18-10-7-13-26(31)23-43(33(21-25-11-3-1-4-12-25)35(46)42-27-14-8-9-15-27)34(45)24-44(49(47,48)29-16-5-2-6-17-29)28-19-20-32(38)30(22-28)36(39,40)41/h1-7,10-13,16-20,22,27,33H,8-9,14-15,21,23-24H2,(H,42,46)/t33-/m1/s1. The molecule has 1 N–H and O–H groups in total. The van der Waals surface area contributed by atoms with Crippen molar-refractivity contribution in [1.82, 2.24) is 10.2 Å². The summed E-state index contributed by atoms with van der Waals surface area (Å²) in [7, 11) is -4.61. The van der Waals surface area contributed by atoms with E-state index in [-0.39, 0.29) is 23.9 Å². The average molecular weight is 733 g/mol. The van der Waals surface area contributed by atoms with Crippen molar-refractivity contribution in [1.29, 1.82) is 0 Å². The van der Waals surface area contributed by atoms with Crippen LogP contribution < -0.4 is 9.62 Å². The lowest BCUT2D eigenvalue weighted by atomic mass is 10.0. The van der Waals surface area contributed by atoms with E-state index in [1.807, 2.05) is 18.2 Å². The molecule has 0 saturated heterocycles. The number of hydrogen-bond donors (Lipinski definition) is 1. The summed E-state index contributed by atoms with van der Waals surface area (Å²) in [4.78, 5) is 29.7. The van der Waals surface area contributed by atoms with E-state index < -0.39 is 56.9 Å². The van der Waals surface area contributed by atoms with Crippen molar-refractivity contribution in [2.75, 3.05) is 10.8 Å². The predicted molar refractivity (Wildman–Crippen MR) is 184 cm³/mol. The average Bonchev–Trinajstić information content (AvgIpc) is 3.59. The number of carbonyl (C=O) groups excluding carboxylic acids is 2. The molecule has 1 atom stereocenters. The number of sulfonamides is 1. The van der Waals surface area contributed by atoms with Gasteiger partial charge < -0.3 is 10.2 Å². The van der Waals surface area contributed by atoms with E-state index in [9.17, 15) is 31.2 Å². The minimum Gasteiger partial charge on any atom is -0.352 e. The van der Waals surface area contributed by atoms with E-state index in [1.54, 1.807) is 42.5 Å². The lowest BCUT2D eigenvalue weighted by Gasteiger charge is -2.34. The summed E-state index contributed by atoms with van der Waals surface area (Å²) in [6.07, 6.45) is -1.37. The zero-order valence-electron chi connectivity index (χ0n) is 26.2. The van der Waals surface area contributed by atoms with E-state index in [2.05, 4.69) is 5.32 Å². The number of carbonyl (C=O) groups is 2. The van der Waals surface area contributed by atoms with Crippen molar-refractivity contribution in [2.24, 2.45) is 0 Å². The van der Waals surface area contributed by atoms with Crippen molar-refractivity contribution in [3.05, 3.63) is 130 Å². The number of halogens is 5. The first-order valence-corrected chi connectivity index (χ1v) is 17.9. The second-order valence-electron chi connectivity index (χ2n) is 11.8. The minimum absolute atomic E-state index is 0.0835. The smallest absolute Gasteiger partial charge is 0.352 e. The van der Waals surface area contributed by atoms with E-state index in [0.29, 0.717) is 21.0 Å². The van der Waals surface area contributed by atoms with Crippen LogP contribution in [-0.4, -0.2) is 43.8 Å². The summed E-state index contributed by atoms with van der Waals surface area (Å²) in [6, 6.07) is 24.3. The van der Waals surface area contributed by atoms with Crippen LogP contribution in [0.1, 0.15) is 42.4 Å². The molecule has 49 heavy (non-hydrogen) atoms. The maximum absolute atomic E-state index is 14.6. The molecular weight excluding hydrogens is 698 g/mol. The van der Waals surface area contributed by atoms with Crippen LogP contribution in [0.15, 0.2) is 108 Å². The van der Waals surface area contributed by atoms with E-state index in [1.165, 1.54) is 29.2 Å². The largest absolute Gasteiger partial charge is 0.417 e. The molecule has 0 aliphatic heterocycles. The number of alkyl halides is 3. The topological polar surface area (TPSA) is 86.8 Å². The van der Waals surface area contributed by atoms with Crippen LogP contribution in [0.2, 0.25) is 10.0 Å². The Balaban J connectivity index is 1.61. The molecule has 1 aliphatic rings. The summed E-state index contributed by atoms with van der Waals surface area (Å²) >= 11 is 12.4. The van der Waals surface area contributed by atoms with Gasteiger partial charge in [0.05, 0.1) is 21.2 Å². The highest BCUT2D eigenvalue weighted by molar-refractivity contribution is 7.92. The van der Waals surface area contributed by atoms with Gasteiger partial charge in [-0.3, -0.25) is 13.9 Å². The molecule has 0 radical (unpaired) electrons. The van der Waals surface area contributed by atoms with Gasteiger partial charge in [-0.2, -0.15) is 13.2 Å². The summed E-state index contributed by atoms with van der Waals surface area (Å²) in [5.41, 5.74) is -0.459. The highest BCUT2D eigenvalue weighted by Crippen LogP contribution is 2.38. The molecule has 4 aromatic carbocycles. The van der Waals surface area contributed by atoms with Gasteiger partial charge in [0.1, 0.15) is 12.6 Å². The molecule has 1 fully saturated rings. The Kier molecular flexibility index (Phi) is 11.6. The quantitative estimate of drug-likeness (QED) is 0.161. The summed E-state index contributed by atoms with van der Waals surface area (Å²) in [5, 5.41) is 2.75. The molecular formula is C36H34Cl2F3N3O4S. The first-order valence-electron chi connectivity index (χ1n) is 15.7. The first-order chi connectivity index (χ1) is 23.3. The fourth-order valence-electron chi connectivity index (χ4n) is 5.87. The van der Waals surface area contributed by atoms with Crippen LogP contribution in [0.5, 0.6) is 0 Å². The molecule has 258 valence electrons. The lowest BCUT2D eigenvalue weighted by Crippen LogP contribution is -2.54. The molecule has 0 unspecified atom stereocenters. The van der Waals surface area contributed by atoms with E-state index >= 15 is 0 Å². The van der Waals surface area contributed by atoms with Crippen molar-refractivity contribution in [2.45, 2.75) is 61.8 Å². The zero-order valence-corrected chi connectivity index (χ0v) is 28.6. The molecule has 5 rings (SSSR count). The van der Waals surface area contributed by atoms with Gasteiger partial charge in [-0.15, -0.1) is 0 Å². The second-order valence-corrected chi connectivity index (χ2v) is 14.5. The zero-order chi connectivity index (χ0) is 35.2. The van der Waals surface area contributed by atoms with Gasteiger partial charge in [0.25, 0.3) is 10.0 Å². The first kappa shape index (κ1) is 36.2. The Morgan fingerprint density at radius 1 is 0.837 bits per heavy atom.